The lowest BCUT2D eigenvalue weighted by Gasteiger charge is -2.19. The number of hydrogen-bond donors (Lipinski definition) is 1. The Kier molecular flexibility index (Phi) is 3.59. The van der Waals surface area contributed by atoms with Crippen LogP contribution in [0.2, 0.25) is 5.02 Å². The maximum atomic E-state index is 12.3. The Morgan fingerprint density at radius 3 is 2.53 bits per heavy atom. The molecule has 0 fully saturated rings. The van der Waals surface area contributed by atoms with Crippen LogP contribution in [0.15, 0.2) is 46.5 Å². The van der Waals surface area contributed by atoms with Gasteiger partial charge in [-0.05, 0) is 18.2 Å². The van der Waals surface area contributed by atoms with Crippen LogP contribution in [0.25, 0.3) is 0 Å². The molecule has 0 aliphatic rings. The molecule has 0 unspecified atom stereocenters. The third-order valence-corrected chi connectivity index (χ3v) is 4.56. The maximum Gasteiger partial charge on any atom is 0.266 e. The summed E-state index contributed by atoms with van der Waals surface area (Å²) in [5.74, 6) is 0. The van der Waals surface area contributed by atoms with Gasteiger partial charge < -0.3 is 4.98 Å². The van der Waals surface area contributed by atoms with Crippen LogP contribution in [0.1, 0.15) is 0 Å². The number of nitrogens with zero attached hydrogens (tertiary/aromatic N) is 2. The molecule has 0 saturated heterocycles. The van der Waals surface area contributed by atoms with Crippen LogP contribution in [0.4, 0.5) is 5.69 Å². The van der Waals surface area contributed by atoms with E-state index in [1.54, 1.807) is 12.1 Å². The van der Waals surface area contributed by atoms with E-state index in [-0.39, 0.29) is 9.92 Å². The first-order valence-electron chi connectivity index (χ1n) is 5.20. The molecular formula is C11H10ClN3O3S. The quantitative estimate of drug-likeness (QED) is 0.924. The monoisotopic (exact) mass is 299 g/mol. The van der Waals surface area contributed by atoms with Crippen LogP contribution < -0.4 is 9.86 Å². The molecule has 0 spiro atoms. The lowest BCUT2D eigenvalue weighted by atomic mass is 10.4. The van der Waals surface area contributed by atoms with E-state index < -0.39 is 15.6 Å². The average Bonchev–Trinajstić information content (AvgIpc) is 2.41. The smallest absolute Gasteiger partial charge is 0.266 e. The Morgan fingerprint density at radius 2 is 1.95 bits per heavy atom. The minimum absolute atomic E-state index is 0.0867. The van der Waals surface area contributed by atoms with Crippen molar-refractivity contribution in [2.24, 2.45) is 0 Å². The largest absolute Gasteiger partial charge is 0.326 e. The first-order valence-corrected chi connectivity index (χ1v) is 7.02. The minimum atomic E-state index is -3.78. The molecule has 0 atom stereocenters. The molecule has 2 heterocycles. The van der Waals surface area contributed by atoms with Gasteiger partial charge in [-0.1, -0.05) is 11.6 Å². The molecule has 2 aromatic rings. The number of pyridine rings is 2. The number of nitrogens with one attached hydrogen (secondary N) is 1. The van der Waals surface area contributed by atoms with Crippen LogP contribution in [-0.2, 0) is 10.0 Å². The van der Waals surface area contributed by atoms with Crippen molar-refractivity contribution >= 4 is 27.3 Å². The van der Waals surface area contributed by atoms with Gasteiger partial charge in [0.15, 0.2) is 0 Å². The van der Waals surface area contributed by atoms with Crippen LogP contribution in [0.5, 0.6) is 0 Å². The Balaban J connectivity index is 2.48. The number of sulfonamides is 1. The molecule has 8 heteroatoms. The second-order valence-electron chi connectivity index (χ2n) is 3.69. The standard InChI is InChI=1S/C11H10ClN3O3S/c1-15(8-2-4-13-5-3-8)19(17,18)9-6-10(12)11(16)14-7-9/h2-7H,1H3,(H,14,16). The van der Waals surface area contributed by atoms with Gasteiger partial charge in [0.05, 0.1) is 5.69 Å². The first kappa shape index (κ1) is 13.6. The Hall–Kier alpha value is -1.86. The zero-order chi connectivity index (χ0) is 14.0. The molecule has 100 valence electrons. The maximum absolute atomic E-state index is 12.3. The molecule has 0 aromatic carbocycles. The molecule has 6 nitrogen and oxygen atoms in total. The van der Waals surface area contributed by atoms with E-state index in [2.05, 4.69) is 9.97 Å². The van der Waals surface area contributed by atoms with Gasteiger partial charge >= 0.3 is 0 Å². The normalized spacial score (nSPS) is 11.3. The van der Waals surface area contributed by atoms with Crippen LogP contribution in [0, 0.1) is 0 Å². The zero-order valence-corrected chi connectivity index (χ0v) is 11.4. The topological polar surface area (TPSA) is 83.1 Å². The highest BCUT2D eigenvalue weighted by molar-refractivity contribution is 7.92. The number of aromatic nitrogens is 2. The summed E-state index contributed by atoms with van der Waals surface area (Å²) in [4.78, 5) is 17.1. The molecule has 0 saturated carbocycles. The second kappa shape index (κ2) is 5.02. The van der Waals surface area contributed by atoms with Gasteiger partial charge in [0.25, 0.3) is 15.6 Å². The van der Waals surface area contributed by atoms with E-state index >= 15 is 0 Å². The summed E-state index contributed by atoms with van der Waals surface area (Å²) in [6.45, 7) is 0. The van der Waals surface area contributed by atoms with Crippen molar-refractivity contribution in [1.82, 2.24) is 9.97 Å². The Labute approximate surface area is 114 Å². The summed E-state index contributed by atoms with van der Waals surface area (Å²) in [5, 5.41) is -0.177. The molecule has 0 aliphatic heterocycles. The number of hydrogen-bond acceptors (Lipinski definition) is 4. The lowest BCUT2D eigenvalue weighted by molar-refractivity contribution is 0.594. The van der Waals surface area contributed by atoms with E-state index in [0.717, 1.165) is 16.6 Å². The molecule has 0 aliphatic carbocycles. The molecular weight excluding hydrogens is 290 g/mol. The lowest BCUT2D eigenvalue weighted by Crippen LogP contribution is -2.27. The fourth-order valence-corrected chi connectivity index (χ4v) is 2.86. The summed E-state index contributed by atoms with van der Waals surface area (Å²) in [6, 6.07) is 4.24. The van der Waals surface area contributed by atoms with E-state index in [1.165, 1.54) is 19.4 Å². The van der Waals surface area contributed by atoms with Crippen molar-refractivity contribution < 1.29 is 8.42 Å². The molecule has 2 rings (SSSR count). The first-order chi connectivity index (χ1) is 8.93. The van der Waals surface area contributed by atoms with E-state index in [0.29, 0.717) is 5.69 Å². The van der Waals surface area contributed by atoms with E-state index in [1.807, 2.05) is 0 Å². The summed E-state index contributed by atoms with van der Waals surface area (Å²) >= 11 is 5.63. The molecule has 2 aromatic heterocycles. The molecule has 0 bridgehead atoms. The van der Waals surface area contributed by atoms with Gasteiger partial charge in [-0.3, -0.25) is 14.1 Å². The van der Waals surface area contributed by atoms with Crippen molar-refractivity contribution in [1.29, 1.82) is 0 Å². The third kappa shape index (κ3) is 2.61. The van der Waals surface area contributed by atoms with Gasteiger partial charge in [-0.25, -0.2) is 8.42 Å². The third-order valence-electron chi connectivity index (χ3n) is 2.52. The van der Waals surface area contributed by atoms with Crippen molar-refractivity contribution in [3.63, 3.8) is 0 Å². The molecule has 1 N–H and O–H groups in total. The van der Waals surface area contributed by atoms with Crippen LogP contribution >= 0.6 is 11.6 Å². The van der Waals surface area contributed by atoms with Gasteiger partial charge in [0, 0.05) is 25.6 Å². The SMILES string of the molecule is CN(c1ccncc1)S(=O)(=O)c1c[nH]c(=O)c(Cl)c1. The predicted molar refractivity (Wildman–Crippen MR) is 71.9 cm³/mol. The highest BCUT2D eigenvalue weighted by Crippen LogP contribution is 2.21. The average molecular weight is 300 g/mol. The highest BCUT2D eigenvalue weighted by Gasteiger charge is 2.22. The molecule has 19 heavy (non-hydrogen) atoms. The van der Waals surface area contributed by atoms with E-state index in [4.69, 9.17) is 11.6 Å². The fraction of sp³-hybridized carbons (Fsp3) is 0.0909. The van der Waals surface area contributed by atoms with Crippen molar-refractivity contribution in [2.75, 3.05) is 11.4 Å². The van der Waals surface area contributed by atoms with Crippen LogP contribution in [0.3, 0.4) is 0 Å². The van der Waals surface area contributed by atoms with Crippen LogP contribution in [-0.4, -0.2) is 25.4 Å². The van der Waals surface area contributed by atoms with Crippen molar-refractivity contribution in [3.05, 3.63) is 52.2 Å². The van der Waals surface area contributed by atoms with Gasteiger partial charge in [-0.2, -0.15) is 0 Å². The van der Waals surface area contributed by atoms with Gasteiger partial charge in [-0.15, -0.1) is 0 Å². The summed E-state index contributed by atoms with van der Waals surface area (Å²) in [5.41, 5.74) is -0.0792. The number of anilines is 1. The number of rotatable bonds is 3. The molecule has 0 amide bonds. The highest BCUT2D eigenvalue weighted by atomic mass is 35.5. The Bertz CT molecular complexity index is 743. The zero-order valence-electron chi connectivity index (χ0n) is 9.87. The van der Waals surface area contributed by atoms with E-state index in [9.17, 15) is 13.2 Å². The number of aromatic amines is 1. The molecule has 0 radical (unpaired) electrons. The Morgan fingerprint density at radius 1 is 1.32 bits per heavy atom. The summed E-state index contributed by atoms with van der Waals surface area (Å²) in [7, 11) is -2.37. The van der Waals surface area contributed by atoms with Crippen molar-refractivity contribution in [2.45, 2.75) is 4.90 Å². The predicted octanol–water partition coefficient (Wildman–Crippen LogP) is 1.25. The summed E-state index contributed by atoms with van der Waals surface area (Å²) in [6.07, 6.45) is 4.09. The van der Waals surface area contributed by atoms with Crippen molar-refractivity contribution in [3.8, 4) is 0 Å². The van der Waals surface area contributed by atoms with Gasteiger partial charge in [0.1, 0.15) is 9.92 Å². The number of H-pyrrole nitrogens is 1. The summed E-state index contributed by atoms with van der Waals surface area (Å²) < 4.78 is 25.7. The fourth-order valence-electron chi connectivity index (χ4n) is 1.44. The minimum Gasteiger partial charge on any atom is -0.326 e. The number of halogens is 1. The second-order valence-corrected chi connectivity index (χ2v) is 6.07. The van der Waals surface area contributed by atoms with Gasteiger partial charge in [0.2, 0.25) is 0 Å².